The van der Waals surface area contributed by atoms with Crippen molar-refractivity contribution in [3.05, 3.63) is 40.7 Å². The van der Waals surface area contributed by atoms with E-state index in [2.05, 4.69) is 0 Å². The van der Waals surface area contributed by atoms with Crippen molar-refractivity contribution in [1.82, 2.24) is 0 Å². The van der Waals surface area contributed by atoms with Crippen molar-refractivity contribution in [3.63, 3.8) is 0 Å². The minimum absolute atomic E-state index is 0.136. The molecule has 23 heavy (non-hydrogen) atoms. The number of halogens is 3. The Kier molecular flexibility index (Phi) is 4.68. The maximum absolute atomic E-state index is 12.5. The fourth-order valence-corrected chi connectivity index (χ4v) is 2.37. The van der Waals surface area contributed by atoms with Crippen molar-refractivity contribution in [3.8, 4) is 11.5 Å². The maximum Gasteiger partial charge on any atom is 0.454 e. The highest BCUT2D eigenvalue weighted by atomic mass is 19.4. The summed E-state index contributed by atoms with van der Waals surface area (Å²) in [6.45, 7) is 0. The lowest BCUT2D eigenvalue weighted by Gasteiger charge is -2.08. The molecule has 0 amide bonds. The number of carbonyl (C=O) groups excluding carboxylic acids is 1. The smallest absolute Gasteiger partial charge is 0.454 e. The third kappa shape index (κ3) is 3.49. The lowest BCUT2D eigenvalue weighted by atomic mass is 10.1. The van der Waals surface area contributed by atoms with E-state index in [0.29, 0.717) is 17.1 Å². The van der Waals surface area contributed by atoms with Crippen LogP contribution in [0.5, 0.6) is 11.5 Å². The molecule has 0 bridgehead atoms. The number of aliphatic hydroxyl groups excluding tert-OH is 1. The minimum Gasteiger partial charge on any atom is -0.507 e. The Morgan fingerprint density at radius 2 is 1.83 bits per heavy atom. The number of allylic oxidation sites excluding steroid dienone is 2. The standard InChI is InChI=1S/C16H15F3O4/c1-22-12-6-3-9(8-13(12)23-2)7-10-4-5-11(14(10)20)15(21)16(17,18)19/h3,6-8,20H,4-5H2,1-2H3. The quantitative estimate of drug-likeness (QED) is 0.913. The number of methoxy groups -OCH3 is 2. The first kappa shape index (κ1) is 16.9. The van der Waals surface area contributed by atoms with Crippen molar-refractivity contribution in [2.24, 2.45) is 0 Å². The summed E-state index contributed by atoms with van der Waals surface area (Å²) in [5.41, 5.74) is 0.305. The molecule has 1 aromatic rings. The van der Waals surface area contributed by atoms with Gasteiger partial charge in [0.05, 0.1) is 14.2 Å². The van der Waals surface area contributed by atoms with Gasteiger partial charge in [-0.15, -0.1) is 0 Å². The molecule has 0 aliphatic heterocycles. The largest absolute Gasteiger partial charge is 0.507 e. The molecule has 4 nitrogen and oxygen atoms in total. The van der Waals surface area contributed by atoms with Gasteiger partial charge in [0.15, 0.2) is 11.5 Å². The molecule has 124 valence electrons. The predicted octanol–water partition coefficient (Wildman–Crippen LogP) is 3.82. The van der Waals surface area contributed by atoms with E-state index in [9.17, 15) is 23.1 Å². The van der Waals surface area contributed by atoms with Gasteiger partial charge >= 0.3 is 6.18 Å². The van der Waals surface area contributed by atoms with Gasteiger partial charge in [0.1, 0.15) is 5.76 Å². The molecule has 0 saturated heterocycles. The van der Waals surface area contributed by atoms with Crippen LogP contribution >= 0.6 is 0 Å². The number of alkyl halides is 3. The van der Waals surface area contributed by atoms with E-state index in [1.807, 2.05) is 0 Å². The minimum atomic E-state index is -4.98. The summed E-state index contributed by atoms with van der Waals surface area (Å²) in [5.74, 6) is -1.63. The number of Topliss-reactive ketones (excluding diaryl/α,β-unsaturated/α-hetero) is 1. The third-order valence-corrected chi connectivity index (χ3v) is 3.51. The summed E-state index contributed by atoms with van der Waals surface area (Å²) in [6.07, 6.45) is -3.43. The van der Waals surface area contributed by atoms with Crippen LogP contribution in [-0.2, 0) is 4.79 Å². The zero-order chi connectivity index (χ0) is 17.2. The number of benzene rings is 1. The van der Waals surface area contributed by atoms with E-state index in [-0.39, 0.29) is 18.4 Å². The van der Waals surface area contributed by atoms with Gasteiger partial charge in [-0.05, 0) is 42.2 Å². The van der Waals surface area contributed by atoms with E-state index in [4.69, 9.17) is 9.47 Å². The van der Waals surface area contributed by atoms with E-state index < -0.39 is 23.3 Å². The predicted molar refractivity (Wildman–Crippen MR) is 77.5 cm³/mol. The van der Waals surface area contributed by atoms with E-state index in [1.165, 1.54) is 20.3 Å². The molecule has 0 atom stereocenters. The summed E-state index contributed by atoms with van der Waals surface area (Å²) in [5, 5.41) is 9.91. The van der Waals surface area contributed by atoms with Gasteiger partial charge in [0, 0.05) is 5.57 Å². The van der Waals surface area contributed by atoms with Crippen molar-refractivity contribution in [2.45, 2.75) is 19.0 Å². The second kappa shape index (κ2) is 6.36. The molecule has 0 radical (unpaired) electrons. The lowest BCUT2D eigenvalue weighted by Crippen LogP contribution is -2.24. The Hall–Kier alpha value is -2.44. The van der Waals surface area contributed by atoms with Gasteiger partial charge in [0.25, 0.3) is 5.78 Å². The first-order chi connectivity index (χ1) is 10.8. The second-order valence-corrected chi connectivity index (χ2v) is 4.94. The first-order valence-corrected chi connectivity index (χ1v) is 6.74. The third-order valence-electron chi connectivity index (χ3n) is 3.51. The fraction of sp³-hybridized carbons (Fsp3) is 0.312. The summed E-state index contributed by atoms with van der Waals surface area (Å²) in [4.78, 5) is 11.3. The van der Waals surface area contributed by atoms with Gasteiger partial charge < -0.3 is 14.6 Å². The number of rotatable bonds is 4. The molecule has 0 spiro atoms. The van der Waals surface area contributed by atoms with Crippen molar-refractivity contribution in [1.29, 1.82) is 0 Å². The normalized spacial score (nSPS) is 16.8. The molecular weight excluding hydrogens is 313 g/mol. The van der Waals surface area contributed by atoms with Crippen LogP contribution in [0.3, 0.4) is 0 Å². The van der Waals surface area contributed by atoms with Crippen LogP contribution in [-0.4, -0.2) is 31.3 Å². The molecule has 1 aliphatic carbocycles. The second-order valence-electron chi connectivity index (χ2n) is 4.94. The Balaban J connectivity index is 2.35. The molecule has 0 aromatic heterocycles. The summed E-state index contributed by atoms with van der Waals surface area (Å²) < 4.78 is 47.6. The van der Waals surface area contributed by atoms with Gasteiger partial charge in [-0.2, -0.15) is 13.2 Å². The van der Waals surface area contributed by atoms with E-state index in [1.54, 1.807) is 18.2 Å². The molecule has 1 aromatic carbocycles. The zero-order valence-electron chi connectivity index (χ0n) is 12.5. The Morgan fingerprint density at radius 3 is 2.39 bits per heavy atom. The first-order valence-electron chi connectivity index (χ1n) is 6.74. The Morgan fingerprint density at radius 1 is 1.17 bits per heavy atom. The molecule has 0 unspecified atom stereocenters. The van der Waals surface area contributed by atoms with Gasteiger partial charge in [-0.3, -0.25) is 4.79 Å². The molecule has 0 saturated carbocycles. The monoisotopic (exact) mass is 328 g/mol. The molecule has 0 heterocycles. The van der Waals surface area contributed by atoms with Gasteiger partial charge in [-0.25, -0.2) is 0 Å². The summed E-state index contributed by atoms with van der Waals surface area (Å²) in [6, 6.07) is 4.94. The zero-order valence-corrected chi connectivity index (χ0v) is 12.5. The SMILES string of the molecule is COc1ccc(C=C2CCC(C(=O)C(F)(F)F)=C2O)cc1OC. The average molecular weight is 328 g/mol. The number of ketones is 1. The molecular formula is C16H15F3O4. The number of ether oxygens (including phenoxy) is 2. The van der Waals surface area contributed by atoms with Crippen LogP contribution in [0.1, 0.15) is 18.4 Å². The highest BCUT2D eigenvalue weighted by molar-refractivity contribution is 6.01. The molecule has 2 rings (SSSR count). The number of aliphatic hydroxyl groups is 1. The highest BCUT2D eigenvalue weighted by Gasteiger charge is 2.43. The number of carbonyl (C=O) groups is 1. The van der Waals surface area contributed by atoms with Crippen LogP contribution in [0.15, 0.2) is 35.1 Å². The van der Waals surface area contributed by atoms with Crippen LogP contribution < -0.4 is 9.47 Å². The van der Waals surface area contributed by atoms with Gasteiger partial charge in [-0.1, -0.05) is 6.07 Å². The number of hydrogen-bond acceptors (Lipinski definition) is 4. The van der Waals surface area contributed by atoms with Crippen LogP contribution in [0, 0.1) is 0 Å². The number of hydrogen-bond donors (Lipinski definition) is 1. The molecule has 1 aliphatic rings. The van der Waals surface area contributed by atoms with Crippen molar-refractivity contribution >= 4 is 11.9 Å². The Bertz CT molecular complexity index is 687. The molecule has 0 fully saturated rings. The average Bonchev–Trinajstić information content (AvgIpc) is 2.86. The lowest BCUT2D eigenvalue weighted by molar-refractivity contribution is -0.166. The molecule has 1 N–H and O–H groups in total. The van der Waals surface area contributed by atoms with Crippen LogP contribution in [0.4, 0.5) is 13.2 Å². The van der Waals surface area contributed by atoms with E-state index >= 15 is 0 Å². The molecule has 7 heteroatoms. The summed E-state index contributed by atoms with van der Waals surface area (Å²) >= 11 is 0. The highest BCUT2D eigenvalue weighted by Crippen LogP contribution is 2.36. The van der Waals surface area contributed by atoms with Crippen LogP contribution in [0.25, 0.3) is 6.08 Å². The maximum atomic E-state index is 12.5. The van der Waals surface area contributed by atoms with E-state index in [0.717, 1.165) is 0 Å². The van der Waals surface area contributed by atoms with Crippen molar-refractivity contribution < 1.29 is 32.5 Å². The summed E-state index contributed by atoms with van der Waals surface area (Å²) in [7, 11) is 2.94. The Labute approximate surface area is 130 Å². The topological polar surface area (TPSA) is 55.8 Å². The van der Waals surface area contributed by atoms with Crippen molar-refractivity contribution in [2.75, 3.05) is 14.2 Å². The van der Waals surface area contributed by atoms with Crippen LogP contribution in [0.2, 0.25) is 0 Å². The van der Waals surface area contributed by atoms with Gasteiger partial charge in [0.2, 0.25) is 0 Å². The fourth-order valence-electron chi connectivity index (χ4n) is 2.37.